The van der Waals surface area contributed by atoms with Crippen molar-refractivity contribution in [2.24, 2.45) is 0 Å². The average molecular weight is 242 g/mol. The summed E-state index contributed by atoms with van der Waals surface area (Å²) in [6, 6.07) is 0. The number of hydrogen-bond donors (Lipinski definition) is 0. The molecule has 0 N–H and O–H groups in total. The zero-order valence-corrected chi connectivity index (χ0v) is 9.48. The number of nitrogens with zero attached hydrogens (tertiary/aromatic N) is 5. The summed E-state index contributed by atoms with van der Waals surface area (Å²) in [7, 11) is 3.65. The molecular weight excluding hydrogens is 233 g/mol. The van der Waals surface area contributed by atoms with Crippen molar-refractivity contribution in [3.05, 3.63) is 29.8 Å². The first-order valence-electron chi connectivity index (χ1n) is 4.48. The smallest absolute Gasteiger partial charge is 0.241 e. The summed E-state index contributed by atoms with van der Waals surface area (Å²) in [5.74, 6) is -0.639. The molecular formula is C9H9ClFN5. The Morgan fingerprint density at radius 1 is 1.44 bits per heavy atom. The van der Waals surface area contributed by atoms with Gasteiger partial charge in [-0.1, -0.05) is 11.6 Å². The fourth-order valence-electron chi connectivity index (χ4n) is 1.23. The fourth-order valence-corrected chi connectivity index (χ4v) is 1.53. The lowest BCUT2D eigenvalue weighted by atomic mass is 10.5. The second kappa shape index (κ2) is 4.05. The van der Waals surface area contributed by atoms with E-state index in [1.807, 2.05) is 14.1 Å². The van der Waals surface area contributed by atoms with Crippen LogP contribution in [-0.2, 0) is 0 Å². The molecule has 7 heteroatoms. The summed E-state index contributed by atoms with van der Waals surface area (Å²) in [5.41, 5.74) is 0.863. The molecule has 0 aliphatic heterocycles. The van der Waals surface area contributed by atoms with E-state index in [0.717, 1.165) is 6.33 Å². The second-order valence-corrected chi connectivity index (χ2v) is 3.70. The number of anilines is 1. The highest BCUT2D eigenvalue weighted by Gasteiger charge is 2.12. The van der Waals surface area contributed by atoms with Gasteiger partial charge in [-0.3, -0.25) is 0 Å². The largest absolute Gasteiger partial charge is 0.374 e. The van der Waals surface area contributed by atoms with Crippen molar-refractivity contribution in [1.29, 1.82) is 0 Å². The molecule has 0 saturated heterocycles. The van der Waals surface area contributed by atoms with Crippen LogP contribution >= 0.6 is 11.6 Å². The lowest BCUT2D eigenvalue weighted by Crippen LogP contribution is -2.08. The number of rotatable bonds is 2. The van der Waals surface area contributed by atoms with Crippen LogP contribution in [0.25, 0.3) is 5.69 Å². The molecule has 2 rings (SSSR count). The van der Waals surface area contributed by atoms with E-state index in [9.17, 15) is 4.39 Å². The molecule has 2 aromatic rings. The molecule has 0 aliphatic rings. The molecule has 0 aromatic carbocycles. The summed E-state index contributed by atoms with van der Waals surface area (Å²) in [5, 5.41) is 4.28. The van der Waals surface area contributed by atoms with Gasteiger partial charge in [0.05, 0.1) is 18.1 Å². The van der Waals surface area contributed by atoms with E-state index in [-0.39, 0.29) is 5.69 Å². The van der Waals surface area contributed by atoms with Crippen LogP contribution in [-0.4, -0.2) is 33.8 Å². The van der Waals surface area contributed by atoms with Crippen molar-refractivity contribution in [3.8, 4) is 5.69 Å². The average Bonchev–Trinajstić information content (AvgIpc) is 2.61. The van der Waals surface area contributed by atoms with Crippen LogP contribution in [0.4, 0.5) is 10.1 Å². The predicted octanol–water partition coefficient (Wildman–Crippen LogP) is 1.52. The quantitative estimate of drug-likeness (QED) is 0.748. The third kappa shape index (κ3) is 1.83. The van der Waals surface area contributed by atoms with E-state index < -0.39 is 5.95 Å². The number of hydrogen-bond acceptors (Lipinski definition) is 4. The second-order valence-electron chi connectivity index (χ2n) is 3.34. The van der Waals surface area contributed by atoms with E-state index in [4.69, 9.17) is 11.6 Å². The minimum Gasteiger partial charge on any atom is -0.374 e. The van der Waals surface area contributed by atoms with Gasteiger partial charge in [0.1, 0.15) is 12.0 Å². The molecule has 0 unspecified atom stereocenters. The van der Waals surface area contributed by atoms with Crippen LogP contribution in [0.1, 0.15) is 0 Å². The third-order valence-corrected chi connectivity index (χ3v) is 2.30. The minimum atomic E-state index is -0.639. The molecule has 2 aromatic heterocycles. The molecule has 0 atom stereocenters. The summed E-state index contributed by atoms with van der Waals surface area (Å²) in [4.78, 5) is 8.97. The molecule has 0 amide bonds. The van der Waals surface area contributed by atoms with E-state index >= 15 is 0 Å². The first kappa shape index (κ1) is 10.8. The molecule has 16 heavy (non-hydrogen) atoms. The van der Waals surface area contributed by atoms with Crippen LogP contribution in [0.2, 0.25) is 5.15 Å². The molecule has 0 fully saturated rings. The van der Waals surface area contributed by atoms with Gasteiger partial charge < -0.3 is 4.90 Å². The zero-order chi connectivity index (χ0) is 11.7. The van der Waals surface area contributed by atoms with Crippen molar-refractivity contribution < 1.29 is 4.39 Å². The van der Waals surface area contributed by atoms with Crippen LogP contribution in [0.3, 0.4) is 0 Å². The Morgan fingerprint density at radius 3 is 2.75 bits per heavy atom. The van der Waals surface area contributed by atoms with E-state index in [0.29, 0.717) is 10.8 Å². The molecule has 84 valence electrons. The van der Waals surface area contributed by atoms with Gasteiger partial charge in [0.15, 0.2) is 5.15 Å². The Bertz CT molecular complexity index is 510. The Labute approximate surface area is 96.5 Å². The highest BCUT2D eigenvalue weighted by molar-refractivity contribution is 6.32. The maximum absolute atomic E-state index is 13.3. The van der Waals surface area contributed by atoms with Crippen molar-refractivity contribution in [3.63, 3.8) is 0 Å². The van der Waals surface area contributed by atoms with Crippen LogP contribution in [0.15, 0.2) is 18.7 Å². The van der Waals surface area contributed by atoms with Gasteiger partial charge in [-0.2, -0.15) is 9.49 Å². The number of aromatic nitrogens is 4. The van der Waals surface area contributed by atoms with E-state index in [1.165, 1.54) is 10.9 Å². The fraction of sp³-hybridized carbons (Fsp3) is 0.222. The lowest BCUT2D eigenvalue weighted by molar-refractivity contribution is 0.564. The van der Waals surface area contributed by atoms with Crippen LogP contribution in [0.5, 0.6) is 0 Å². The Morgan fingerprint density at radius 2 is 2.19 bits per heavy atom. The van der Waals surface area contributed by atoms with E-state index in [2.05, 4.69) is 15.1 Å². The predicted molar refractivity (Wildman–Crippen MR) is 58.4 cm³/mol. The summed E-state index contributed by atoms with van der Waals surface area (Å²) < 4.78 is 14.7. The van der Waals surface area contributed by atoms with Crippen molar-refractivity contribution in [2.45, 2.75) is 0 Å². The number of halogens is 2. The van der Waals surface area contributed by atoms with Gasteiger partial charge in [0.2, 0.25) is 5.95 Å². The van der Waals surface area contributed by atoms with Gasteiger partial charge in [0, 0.05) is 14.1 Å². The highest BCUT2D eigenvalue weighted by Crippen LogP contribution is 2.24. The first-order valence-corrected chi connectivity index (χ1v) is 4.85. The summed E-state index contributed by atoms with van der Waals surface area (Å²) in [6.45, 7) is 0. The topological polar surface area (TPSA) is 46.8 Å². The molecule has 2 heterocycles. The van der Waals surface area contributed by atoms with Gasteiger partial charge in [-0.25, -0.2) is 14.6 Å². The van der Waals surface area contributed by atoms with Gasteiger partial charge >= 0.3 is 0 Å². The summed E-state index contributed by atoms with van der Waals surface area (Å²) in [6.07, 6.45) is 4.09. The Hall–Kier alpha value is -1.69. The summed E-state index contributed by atoms with van der Waals surface area (Å²) >= 11 is 5.91. The molecule has 0 saturated carbocycles. The molecule has 0 bridgehead atoms. The molecule has 0 radical (unpaired) electrons. The maximum Gasteiger partial charge on any atom is 0.241 e. The third-order valence-electron chi connectivity index (χ3n) is 2.03. The van der Waals surface area contributed by atoms with Gasteiger partial charge in [0.25, 0.3) is 0 Å². The Balaban J connectivity index is 2.50. The maximum atomic E-state index is 13.3. The minimum absolute atomic E-state index is 0.164. The first-order chi connectivity index (χ1) is 7.59. The zero-order valence-electron chi connectivity index (χ0n) is 8.72. The van der Waals surface area contributed by atoms with Crippen molar-refractivity contribution in [1.82, 2.24) is 19.7 Å². The standard InChI is InChI=1S/C9H9ClFN5/c1-15(2)7-4-16(14-8(7)10)6-3-12-5-13-9(6)11/h3-5H,1-2H3. The van der Waals surface area contributed by atoms with Gasteiger partial charge in [-0.05, 0) is 0 Å². The highest BCUT2D eigenvalue weighted by atomic mass is 35.5. The normalized spacial score (nSPS) is 10.5. The van der Waals surface area contributed by atoms with Crippen LogP contribution in [0, 0.1) is 5.95 Å². The molecule has 0 aliphatic carbocycles. The van der Waals surface area contributed by atoms with Crippen molar-refractivity contribution in [2.75, 3.05) is 19.0 Å². The molecule has 5 nitrogen and oxygen atoms in total. The van der Waals surface area contributed by atoms with E-state index in [1.54, 1.807) is 11.1 Å². The van der Waals surface area contributed by atoms with Gasteiger partial charge in [-0.15, -0.1) is 0 Å². The monoisotopic (exact) mass is 241 g/mol. The lowest BCUT2D eigenvalue weighted by Gasteiger charge is -2.08. The SMILES string of the molecule is CN(C)c1cn(-c2cncnc2F)nc1Cl. The Kier molecular flexibility index (Phi) is 2.74. The molecule has 0 spiro atoms. The van der Waals surface area contributed by atoms with Crippen LogP contribution < -0.4 is 4.90 Å². The van der Waals surface area contributed by atoms with Crippen molar-refractivity contribution >= 4 is 17.3 Å².